The van der Waals surface area contributed by atoms with Crippen LogP contribution in [0.5, 0.6) is 0 Å². The first-order valence-electron chi connectivity index (χ1n) is 6.93. The minimum atomic E-state index is -0.234. The van der Waals surface area contributed by atoms with Gasteiger partial charge in [0.15, 0.2) is 0 Å². The predicted octanol–water partition coefficient (Wildman–Crippen LogP) is 2.95. The van der Waals surface area contributed by atoms with E-state index in [1.165, 1.54) is 0 Å². The van der Waals surface area contributed by atoms with E-state index < -0.39 is 0 Å². The van der Waals surface area contributed by atoms with Crippen molar-refractivity contribution in [1.29, 1.82) is 5.26 Å². The van der Waals surface area contributed by atoms with Gasteiger partial charge >= 0.3 is 5.97 Å². The topological polar surface area (TPSA) is 55.0 Å². The highest BCUT2D eigenvalue weighted by Crippen LogP contribution is 2.41. The largest absolute Gasteiger partial charge is 0.466 e. The third-order valence-corrected chi connectivity index (χ3v) is 3.66. The summed E-state index contributed by atoms with van der Waals surface area (Å²) in [6.07, 6.45) is 2.38. The van der Waals surface area contributed by atoms with Crippen LogP contribution in [0, 0.1) is 11.3 Å². The summed E-state index contributed by atoms with van der Waals surface area (Å²) in [7, 11) is 0. The lowest BCUT2D eigenvalue weighted by atomic mass is 10.1. The van der Waals surface area contributed by atoms with Gasteiger partial charge < -0.3 is 9.30 Å². The zero-order chi connectivity index (χ0) is 14.1. The van der Waals surface area contributed by atoms with Gasteiger partial charge in [-0.1, -0.05) is 24.3 Å². The molecule has 0 bridgehead atoms. The number of aromatic nitrogens is 1. The Morgan fingerprint density at radius 1 is 1.40 bits per heavy atom. The van der Waals surface area contributed by atoms with E-state index in [0.717, 1.165) is 29.3 Å². The number of ether oxygens (including phenoxy) is 1. The second-order valence-corrected chi connectivity index (χ2v) is 5.04. The molecule has 0 spiro atoms. The summed E-state index contributed by atoms with van der Waals surface area (Å²) < 4.78 is 7.10. The van der Waals surface area contributed by atoms with Crippen molar-refractivity contribution in [1.82, 2.24) is 4.57 Å². The van der Waals surface area contributed by atoms with Gasteiger partial charge in [-0.2, -0.15) is 5.26 Å². The van der Waals surface area contributed by atoms with Gasteiger partial charge in [0.05, 0.1) is 13.0 Å². The van der Waals surface area contributed by atoms with Crippen molar-refractivity contribution >= 4 is 16.7 Å². The first kappa shape index (κ1) is 12.7. The third-order valence-electron chi connectivity index (χ3n) is 3.66. The molecule has 0 amide bonds. The molecule has 0 saturated heterocycles. The number of hydrogen-bond acceptors (Lipinski definition) is 3. The molecule has 0 aliphatic heterocycles. The molecule has 102 valence electrons. The Labute approximate surface area is 117 Å². The predicted molar refractivity (Wildman–Crippen MR) is 75.3 cm³/mol. The fourth-order valence-electron chi connectivity index (χ4n) is 2.71. The maximum absolute atomic E-state index is 11.8. The van der Waals surface area contributed by atoms with E-state index in [-0.39, 0.29) is 12.4 Å². The molecule has 1 aliphatic carbocycles. The van der Waals surface area contributed by atoms with Gasteiger partial charge in [0.25, 0.3) is 0 Å². The maximum atomic E-state index is 11.8. The van der Waals surface area contributed by atoms with Crippen LogP contribution in [0.1, 0.15) is 37.2 Å². The van der Waals surface area contributed by atoms with Gasteiger partial charge in [0.1, 0.15) is 11.8 Å². The number of benzene rings is 1. The number of carbonyl (C=O) groups excluding carboxylic acids is 1. The van der Waals surface area contributed by atoms with Crippen LogP contribution in [0.25, 0.3) is 10.8 Å². The summed E-state index contributed by atoms with van der Waals surface area (Å²) in [4.78, 5) is 11.8. The molecule has 1 fully saturated rings. The number of nitriles is 1. The van der Waals surface area contributed by atoms with Crippen LogP contribution in [0.3, 0.4) is 0 Å². The zero-order valence-corrected chi connectivity index (χ0v) is 11.4. The Kier molecular flexibility index (Phi) is 3.19. The molecule has 1 heterocycles. The molecule has 1 aliphatic rings. The SMILES string of the molecule is CCOC(=O)Cc1c2ccccc2c(C#N)n1C1CC1. The summed E-state index contributed by atoms with van der Waals surface area (Å²) in [5, 5.41) is 11.4. The van der Waals surface area contributed by atoms with Crippen molar-refractivity contribution in [3.8, 4) is 6.07 Å². The van der Waals surface area contributed by atoms with Gasteiger partial charge in [-0.3, -0.25) is 4.79 Å². The number of rotatable bonds is 4. The summed E-state index contributed by atoms with van der Waals surface area (Å²) in [6.45, 7) is 2.18. The van der Waals surface area contributed by atoms with Crippen molar-refractivity contribution in [3.05, 3.63) is 35.7 Å². The van der Waals surface area contributed by atoms with Crippen LogP contribution in [0.4, 0.5) is 0 Å². The number of esters is 1. The van der Waals surface area contributed by atoms with E-state index >= 15 is 0 Å². The first-order chi connectivity index (χ1) is 9.76. The van der Waals surface area contributed by atoms with E-state index in [1.807, 2.05) is 28.8 Å². The van der Waals surface area contributed by atoms with Crippen molar-refractivity contribution in [2.75, 3.05) is 6.61 Å². The average molecular weight is 268 g/mol. The summed E-state index contributed by atoms with van der Waals surface area (Å²) in [6, 6.07) is 10.4. The van der Waals surface area contributed by atoms with Gasteiger partial charge in [0, 0.05) is 22.5 Å². The Morgan fingerprint density at radius 2 is 2.10 bits per heavy atom. The van der Waals surface area contributed by atoms with E-state index in [9.17, 15) is 10.1 Å². The minimum absolute atomic E-state index is 0.229. The highest BCUT2D eigenvalue weighted by molar-refractivity contribution is 5.93. The molecular formula is C16H16N2O2. The van der Waals surface area contributed by atoms with Crippen molar-refractivity contribution in [3.63, 3.8) is 0 Å². The minimum Gasteiger partial charge on any atom is -0.466 e. The smallest absolute Gasteiger partial charge is 0.311 e. The van der Waals surface area contributed by atoms with Crippen LogP contribution < -0.4 is 0 Å². The normalized spacial score (nSPS) is 14.2. The monoisotopic (exact) mass is 268 g/mol. The first-order valence-corrected chi connectivity index (χ1v) is 6.93. The molecule has 1 aromatic heterocycles. The van der Waals surface area contributed by atoms with Crippen LogP contribution >= 0.6 is 0 Å². The summed E-state index contributed by atoms with van der Waals surface area (Å²) >= 11 is 0. The number of carbonyl (C=O) groups is 1. The quantitative estimate of drug-likeness (QED) is 0.801. The molecule has 0 unspecified atom stereocenters. The van der Waals surface area contributed by atoms with Gasteiger partial charge in [-0.05, 0) is 19.8 Å². The Balaban J connectivity index is 2.15. The van der Waals surface area contributed by atoms with Crippen LogP contribution in [0.2, 0.25) is 0 Å². The average Bonchev–Trinajstić information content (AvgIpc) is 3.24. The Morgan fingerprint density at radius 3 is 2.70 bits per heavy atom. The highest BCUT2D eigenvalue weighted by Gasteiger charge is 2.30. The highest BCUT2D eigenvalue weighted by atomic mass is 16.5. The van der Waals surface area contributed by atoms with Crippen LogP contribution in [-0.2, 0) is 16.0 Å². The Bertz CT molecular complexity index is 705. The molecule has 1 saturated carbocycles. The molecule has 0 atom stereocenters. The van der Waals surface area contributed by atoms with E-state index in [2.05, 4.69) is 6.07 Å². The maximum Gasteiger partial charge on any atom is 0.311 e. The van der Waals surface area contributed by atoms with E-state index in [1.54, 1.807) is 6.92 Å². The lowest BCUT2D eigenvalue weighted by Gasteiger charge is -2.09. The van der Waals surface area contributed by atoms with Crippen molar-refractivity contribution < 1.29 is 9.53 Å². The number of hydrogen-bond donors (Lipinski definition) is 0. The molecule has 2 aromatic rings. The van der Waals surface area contributed by atoms with Gasteiger partial charge in [0.2, 0.25) is 0 Å². The van der Waals surface area contributed by atoms with Crippen molar-refractivity contribution in [2.45, 2.75) is 32.2 Å². The fourth-order valence-corrected chi connectivity index (χ4v) is 2.71. The number of fused-ring (bicyclic) bond motifs is 1. The molecule has 20 heavy (non-hydrogen) atoms. The van der Waals surface area contributed by atoms with Gasteiger partial charge in [-0.25, -0.2) is 0 Å². The standard InChI is InChI=1S/C16H16N2O2/c1-2-20-16(19)9-14-12-5-3-4-6-13(12)15(10-17)18(14)11-7-8-11/h3-6,11H,2,7-9H2,1H3. The summed E-state index contributed by atoms with van der Waals surface area (Å²) in [5.74, 6) is -0.234. The van der Waals surface area contributed by atoms with Crippen molar-refractivity contribution in [2.24, 2.45) is 0 Å². The third kappa shape index (κ3) is 2.05. The van der Waals surface area contributed by atoms with Crippen LogP contribution in [0.15, 0.2) is 24.3 Å². The lowest BCUT2D eigenvalue weighted by Crippen LogP contribution is -2.12. The molecule has 0 radical (unpaired) electrons. The molecule has 1 aromatic carbocycles. The molecule has 4 heteroatoms. The molecule has 0 N–H and O–H groups in total. The summed E-state index contributed by atoms with van der Waals surface area (Å²) in [5.41, 5.74) is 1.58. The van der Waals surface area contributed by atoms with Crippen LogP contribution in [-0.4, -0.2) is 17.1 Å². The molecular weight excluding hydrogens is 252 g/mol. The Hall–Kier alpha value is -2.28. The second-order valence-electron chi connectivity index (χ2n) is 5.04. The molecule has 4 nitrogen and oxygen atoms in total. The lowest BCUT2D eigenvalue weighted by molar-refractivity contribution is -0.142. The van der Waals surface area contributed by atoms with Gasteiger partial charge in [-0.15, -0.1) is 0 Å². The second kappa shape index (κ2) is 5.01. The number of nitrogens with zero attached hydrogens (tertiary/aromatic N) is 2. The zero-order valence-electron chi connectivity index (χ0n) is 11.4. The molecule has 3 rings (SSSR count). The van der Waals surface area contributed by atoms with E-state index in [0.29, 0.717) is 18.3 Å². The fraction of sp³-hybridized carbons (Fsp3) is 0.375. The van der Waals surface area contributed by atoms with E-state index in [4.69, 9.17) is 4.74 Å².